The summed E-state index contributed by atoms with van der Waals surface area (Å²) in [4.78, 5) is 0. The molecule has 0 aliphatic carbocycles. The summed E-state index contributed by atoms with van der Waals surface area (Å²) in [7, 11) is 0. The average molecular weight is 527 g/mol. The van der Waals surface area contributed by atoms with Gasteiger partial charge in [-0.25, -0.2) is 0 Å². The highest BCUT2D eigenvalue weighted by Gasteiger charge is 2.02. The maximum Gasteiger partial charge on any atom is 0.0309 e. The zero-order valence-corrected chi connectivity index (χ0v) is 26.2. The van der Waals surface area contributed by atoms with Gasteiger partial charge in [0.15, 0.2) is 0 Å². The van der Waals surface area contributed by atoms with Gasteiger partial charge in [-0.1, -0.05) is 126 Å². The first kappa shape index (κ1) is 32.1. The predicted octanol–water partition coefficient (Wildman–Crippen LogP) is 11.1. The lowest BCUT2D eigenvalue weighted by molar-refractivity contribution is 1.27. The van der Waals surface area contributed by atoms with Crippen LogP contribution in [0.25, 0.3) is 6.08 Å². The van der Waals surface area contributed by atoms with Gasteiger partial charge in [0.1, 0.15) is 0 Å². The molecule has 0 amide bonds. The zero-order chi connectivity index (χ0) is 29.7. The first-order valence-electron chi connectivity index (χ1n) is 14.0. The van der Waals surface area contributed by atoms with Crippen LogP contribution in [0.3, 0.4) is 0 Å². The standard InChI is InChI=1S/C40H46/c1-29(17-13-19-31(3)21-27-39-35(7)25-23-33(5)37(39)9)15-11-12-16-30(2)18-14-20-32(4)22-28-40-36(8)26-24-34(6)38(40)10/h11-21,23-27H,1-10H3. The van der Waals surface area contributed by atoms with Gasteiger partial charge in [-0.3, -0.25) is 0 Å². The van der Waals surface area contributed by atoms with Gasteiger partial charge in [0.05, 0.1) is 0 Å². The lowest BCUT2D eigenvalue weighted by Crippen LogP contribution is -1.91. The monoisotopic (exact) mass is 526 g/mol. The highest BCUT2D eigenvalue weighted by atomic mass is 14.1. The number of benzene rings is 2. The van der Waals surface area contributed by atoms with Gasteiger partial charge < -0.3 is 0 Å². The van der Waals surface area contributed by atoms with Crippen molar-refractivity contribution in [1.82, 2.24) is 0 Å². The van der Waals surface area contributed by atoms with Crippen LogP contribution in [0, 0.1) is 53.4 Å². The molecule has 2 aromatic rings. The van der Waals surface area contributed by atoms with Crippen molar-refractivity contribution in [2.75, 3.05) is 0 Å². The molecular weight excluding hydrogens is 480 g/mol. The third kappa shape index (κ3) is 10.6. The Labute approximate surface area is 244 Å². The van der Waals surface area contributed by atoms with Crippen molar-refractivity contribution in [3.63, 3.8) is 0 Å². The van der Waals surface area contributed by atoms with Crippen LogP contribution >= 0.6 is 0 Å². The van der Waals surface area contributed by atoms with Crippen molar-refractivity contribution in [3.05, 3.63) is 158 Å². The van der Waals surface area contributed by atoms with E-state index in [-0.39, 0.29) is 0 Å². The second-order valence-corrected chi connectivity index (χ2v) is 10.7. The minimum Gasteiger partial charge on any atom is -0.0664 e. The molecule has 40 heavy (non-hydrogen) atoms. The van der Waals surface area contributed by atoms with Crippen molar-refractivity contribution >= 4 is 6.08 Å². The molecule has 2 aromatic carbocycles. The molecule has 206 valence electrons. The third-order valence-electron chi connectivity index (χ3n) is 7.10. The van der Waals surface area contributed by atoms with Crippen molar-refractivity contribution in [2.24, 2.45) is 0 Å². The largest absolute Gasteiger partial charge is 0.0664 e. The van der Waals surface area contributed by atoms with Crippen LogP contribution in [0.5, 0.6) is 0 Å². The van der Waals surface area contributed by atoms with Gasteiger partial charge >= 0.3 is 0 Å². The molecule has 0 fully saturated rings. The van der Waals surface area contributed by atoms with Crippen molar-refractivity contribution in [1.29, 1.82) is 0 Å². The van der Waals surface area contributed by atoms with Crippen LogP contribution in [0.4, 0.5) is 0 Å². The summed E-state index contributed by atoms with van der Waals surface area (Å²) in [5.74, 6) is 6.65. The van der Waals surface area contributed by atoms with Crippen LogP contribution in [-0.2, 0) is 0 Å². The lowest BCUT2D eigenvalue weighted by Gasteiger charge is -2.08. The molecule has 0 unspecified atom stereocenters. The fourth-order valence-corrected chi connectivity index (χ4v) is 4.07. The minimum atomic E-state index is 1.05. The molecule has 0 aliphatic rings. The van der Waals surface area contributed by atoms with Crippen LogP contribution in [0.1, 0.15) is 72.2 Å². The van der Waals surface area contributed by atoms with E-state index in [0.717, 1.165) is 11.1 Å². The molecule has 0 nitrogen and oxygen atoms in total. The molecule has 0 heterocycles. The third-order valence-corrected chi connectivity index (χ3v) is 7.10. The Morgan fingerprint density at radius 3 is 1.62 bits per heavy atom. The average Bonchev–Trinajstić information content (AvgIpc) is 2.91. The summed E-state index contributed by atoms with van der Waals surface area (Å²) in [6, 6.07) is 8.69. The lowest BCUT2D eigenvalue weighted by atomic mass is 9.97. The Hall–Kier alpha value is -4.08. The normalized spacial score (nSPS) is 13.8. The number of hydrogen-bond donors (Lipinski definition) is 0. The van der Waals surface area contributed by atoms with Gasteiger partial charge in [-0.05, 0) is 114 Å². The Balaban J connectivity index is 1.93. The van der Waals surface area contributed by atoms with Gasteiger partial charge in [0, 0.05) is 5.56 Å². The molecule has 0 bridgehead atoms. The second kappa shape index (κ2) is 16.1. The van der Waals surface area contributed by atoms with E-state index in [1.54, 1.807) is 0 Å². The molecule has 0 saturated carbocycles. The van der Waals surface area contributed by atoms with Gasteiger partial charge in [-0.15, -0.1) is 0 Å². The SMILES string of the molecule is CC(C#Cc1c(C)ccc(C)c1C)=CC=CC(C)=CC=CC=C(C)C=CC=C(C)C=Cc1c(C)ccc(C)c1C. The Bertz CT molecular complexity index is 1510. The molecule has 0 saturated heterocycles. The minimum absolute atomic E-state index is 1.05. The van der Waals surface area contributed by atoms with Gasteiger partial charge in [-0.2, -0.15) is 0 Å². The quantitative estimate of drug-likeness (QED) is 0.237. The van der Waals surface area contributed by atoms with E-state index in [9.17, 15) is 0 Å². The fraction of sp³-hybridized carbons (Fsp3) is 0.250. The maximum atomic E-state index is 3.35. The van der Waals surface area contributed by atoms with E-state index in [0.29, 0.717) is 0 Å². The summed E-state index contributed by atoms with van der Waals surface area (Å²) in [6.45, 7) is 21.3. The topological polar surface area (TPSA) is 0 Å². The highest BCUT2D eigenvalue weighted by Crippen LogP contribution is 2.20. The van der Waals surface area contributed by atoms with E-state index in [1.807, 2.05) is 0 Å². The number of rotatable bonds is 8. The van der Waals surface area contributed by atoms with E-state index < -0.39 is 0 Å². The van der Waals surface area contributed by atoms with Gasteiger partial charge in [0.2, 0.25) is 0 Å². The zero-order valence-electron chi connectivity index (χ0n) is 26.2. The molecule has 2 rings (SSSR count). The van der Waals surface area contributed by atoms with E-state index in [2.05, 4.69) is 178 Å². The van der Waals surface area contributed by atoms with Gasteiger partial charge in [0.25, 0.3) is 0 Å². The van der Waals surface area contributed by atoms with Crippen molar-refractivity contribution in [3.8, 4) is 11.8 Å². The van der Waals surface area contributed by atoms with E-state index in [1.165, 1.54) is 55.7 Å². The van der Waals surface area contributed by atoms with Crippen LogP contribution < -0.4 is 0 Å². The number of hydrogen-bond acceptors (Lipinski definition) is 0. The van der Waals surface area contributed by atoms with Crippen molar-refractivity contribution < 1.29 is 0 Å². The summed E-state index contributed by atoms with van der Waals surface area (Å²) in [5, 5.41) is 0. The summed E-state index contributed by atoms with van der Waals surface area (Å²) in [6.07, 6.45) is 25.4. The Morgan fingerprint density at radius 2 is 1.00 bits per heavy atom. The fourth-order valence-electron chi connectivity index (χ4n) is 4.07. The maximum absolute atomic E-state index is 3.35. The molecular formula is C40H46. The summed E-state index contributed by atoms with van der Waals surface area (Å²) in [5.41, 5.74) is 14.9. The summed E-state index contributed by atoms with van der Waals surface area (Å²) < 4.78 is 0. The molecule has 0 atom stereocenters. The van der Waals surface area contributed by atoms with Crippen LogP contribution in [-0.4, -0.2) is 0 Å². The number of aryl methyl sites for hydroxylation is 4. The molecule has 0 radical (unpaired) electrons. The Morgan fingerprint density at radius 1 is 0.525 bits per heavy atom. The van der Waals surface area contributed by atoms with Crippen molar-refractivity contribution in [2.45, 2.75) is 69.2 Å². The summed E-state index contributed by atoms with van der Waals surface area (Å²) >= 11 is 0. The van der Waals surface area contributed by atoms with E-state index in [4.69, 9.17) is 0 Å². The molecule has 0 spiro atoms. The number of allylic oxidation sites excluding steroid dienone is 15. The second-order valence-electron chi connectivity index (χ2n) is 10.7. The smallest absolute Gasteiger partial charge is 0.0309 e. The Kier molecular flexibility index (Phi) is 13.0. The highest BCUT2D eigenvalue weighted by molar-refractivity contribution is 5.61. The predicted molar refractivity (Wildman–Crippen MR) is 180 cm³/mol. The molecule has 0 N–H and O–H groups in total. The molecule has 0 aromatic heterocycles. The first-order chi connectivity index (χ1) is 19.0. The molecule has 0 aliphatic heterocycles. The first-order valence-corrected chi connectivity index (χ1v) is 14.0. The molecule has 0 heteroatoms. The van der Waals surface area contributed by atoms with Crippen LogP contribution in [0.2, 0.25) is 0 Å². The van der Waals surface area contributed by atoms with E-state index >= 15 is 0 Å². The van der Waals surface area contributed by atoms with Crippen LogP contribution in [0.15, 0.2) is 113 Å².